The molecule has 0 aliphatic heterocycles. The fourth-order valence-corrected chi connectivity index (χ4v) is 3.79. The van der Waals surface area contributed by atoms with Gasteiger partial charge in [0.15, 0.2) is 0 Å². The van der Waals surface area contributed by atoms with Gasteiger partial charge in [0.25, 0.3) is 0 Å². The Morgan fingerprint density at radius 1 is 0.947 bits per heavy atom. The van der Waals surface area contributed by atoms with E-state index in [1.54, 1.807) is 16.7 Å². The van der Waals surface area contributed by atoms with Crippen molar-refractivity contribution in [1.82, 2.24) is 0 Å². The Hall–Kier alpha value is 0.0643. The molecule has 0 saturated heterocycles. The van der Waals surface area contributed by atoms with Crippen molar-refractivity contribution in [2.45, 2.75) is 58.3 Å². The molecule has 3 aliphatic carbocycles. The van der Waals surface area contributed by atoms with Gasteiger partial charge in [-0.15, -0.1) is 12.0 Å². The van der Waals surface area contributed by atoms with Crippen LogP contribution in [0.3, 0.4) is 0 Å². The standard InChI is InChI=1S/C15H21.3CH3.Ti/c1-2-11-12-7-3-5-9-14(12)15-10-6-4-8-13(11)15;;;;/h7,11H,2-6,8-10H2,1H3;3*1H3;/q4*-1;+4. The molecule has 0 radical (unpaired) electrons. The molecular formula is C18H30Ti. The van der Waals surface area contributed by atoms with Crippen molar-refractivity contribution in [1.29, 1.82) is 0 Å². The van der Waals surface area contributed by atoms with Crippen LogP contribution in [0.2, 0.25) is 0 Å². The van der Waals surface area contributed by atoms with Gasteiger partial charge in [-0.25, -0.2) is 12.0 Å². The van der Waals surface area contributed by atoms with E-state index in [1.165, 1.54) is 51.4 Å². The summed E-state index contributed by atoms with van der Waals surface area (Å²) < 4.78 is 0. The summed E-state index contributed by atoms with van der Waals surface area (Å²) in [6, 6.07) is 0. The molecule has 1 heteroatoms. The predicted octanol–water partition coefficient (Wildman–Crippen LogP) is 5.93. The molecule has 1 atom stereocenters. The first-order valence-electron chi connectivity index (χ1n) is 6.70. The monoisotopic (exact) mass is 294 g/mol. The first-order valence-corrected chi connectivity index (χ1v) is 6.70. The third-order valence-corrected chi connectivity index (χ3v) is 4.42. The van der Waals surface area contributed by atoms with Gasteiger partial charge in [0, 0.05) is 0 Å². The van der Waals surface area contributed by atoms with Crippen LogP contribution >= 0.6 is 0 Å². The molecule has 106 valence electrons. The first-order chi connectivity index (χ1) is 7.42. The van der Waals surface area contributed by atoms with Gasteiger partial charge in [-0.1, -0.05) is 31.8 Å². The normalized spacial score (nSPS) is 23.7. The zero-order valence-corrected chi connectivity index (χ0v) is 14.9. The van der Waals surface area contributed by atoms with Crippen molar-refractivity contribution in [2.75, 3.05) is 0 Å². The van der Waals surface area contributed by atoms with Gasteiger partial charge >= 0.3 is 21.7 Å². The van der Waals surface area contributed by atoms with Crippen molar-refractivity contribution in [3.05, 3.63) is 51.0 Å². The van der Waals surface area contributed by atoms with Gasteiger partial charge in [0.05, 0.1) is 0 Å². The van der Waals surface area contributed by atoms with E-state index in [9.17, 15) is 0 Å². The summed E-state index contributed by atoms with van der Waals surface area (Å²) in [5, 5.41) is 0. The van der Waals surface area contributed by atoms with Gasteiger partial charge in [0.1, 0.15) is 0 Å². The van der Waals surface area contributed by atoms with Crippen LogP contribution in [0.4, 0.5) is 0 Å². The van der Waals surface area contributed by atoms with Crippen LogP contribution < -0.4 is 0 Å². The fourth-order valence-electron chi connectivity index (χ4n) is 3.79. The molecule has 0 fully saturated rings. The summed E-state index contributed by atoms with van der Waals surface area (Å²) >= 11 is 0. The summed E-state index contributed by atoms with van der Waals surface area (Å²) in [6.07, 6.45) is 13.6. The van der Waals surface area contributed by atoms with E-state index in [1.807, 2.05) is 5.57 Å². The topological polar surface area (TPSA) is 0 Å². The van der Waals surface area contributed by atoms with E-state index < -0.39 is 0 Å². The maximum Gasteiger partial charge on any atom is 4.00 e. The Morgan fingerprint density at radius 2 is 1.58 bits per heavy atom. The second-order valence-corrected chi connectivity index (χ2v) is 5.20. The van der Waals surface area contributed by atoms with Crippen molar-refractivity contribution < 1.29 is 21.7 Å². The van der Waals surface area contributed by atoms with Crippen LogP contribution in [-0.4, -0.2) is 0 Å². The Kier molecular flexibility index (Phi) is 10.2. The second-order valence-electron chi connectivity index (χ2n) is 5.20. The Balaban J connectivity index is 0. The van der Waals surface area contributed by atoms with Crippen molar-refractivity contribution in [2.24, 2.45) is 5.92 Å². The van der Waals surface area contributed by atoms with Gasteiger partial charge in [0.2, 0.25) is 0 Å². The molecule has 0 aromatic rings. The van der Waals surface area contributed by atoms with Crippen molar-refractivity contribution in [3.8, 4) is 0 Å². The molecule has 0 spiro atoms. The summed E-state index contributed by atoms with van der Waals surface area (Å²) in [5.41, 5.74) is 7.17. The SMILES string of the molecule is CCC1C2=C(CCC[CH-]2)C2=C1CCCC2.[CH3-].[CH3-].[CH3-].[Ti+4]. The van der Waals surface area contributed by atoms with Gasteiger partial charge in [-0.05, 0) is 31.6 Å². The van der Waals surface area contributed by atoms with E-state index in [4.69, 9.17) is 0 Å². The maximum atomic E-state index is 2.55. The minimum atomic E-state index is 0. The summed E-state index contributed by atoms with van der Waals surface area (Å²) in [7, 11) is 0. The molecule has 0 amide bonds. The fraction of sp³-hybridized carbons (Fsp3) is 0.556. The number of fused-ring (bicyclic) bond motifs is 1. The minimum Gasteiger partial charge on any atom is -0.358 e. The molecule has 0 N–H and O–H groups in total. The van der Waals surface area contributed by atoms with Crippen LogP contribution in [0.5, 0.6) is 0 Å². The van der Waals surface area contributed by atoms with Gasteiger partial charge < -0.3 is 22.3 Å². The molecular weight excluding hydrogens is 264 g/mol. The Labute approximate surface area is 137 Å². The molecule has 0 nitrogen and oxygen atoms in total. The quantitative estimate of drug-likeness (QED) is 0.415. The molecule has 1 unspecified atom stereocenters. The number of allylic oxidation sites excluding steroid dienone is 4. The van der Waals surface area contributed by atoms with Crippen LogP contribution in [-0.2, 0) is 21.7 Å². The molecule has 0 saturated carbocycles. The van der Waals surface area contributed by atoms with Crippen molar-refractivity contribution in [3.63, 3.8) is 0 Å². The average molecular weight is 294 g/mol. The Bertz CT molecular complexity index is 304. The third kappa shape index (κ3) is 3.58. The minimum absolute atomic E-state index is 0. The number of hydrogen-bond donors (Lipinski definition) is 0. The smallest absolute Gasteiger partial charge is 0.358 e. The molecule has 0 aromatic heterocycles. The van der Waals surface area contributed by atoms with Crippen LogP contribution in [0.25, 0.3) is 0 Å². The third-order valence-electron chi connectivity index (χ3n) is 4.42. The van der Waals surface area contributed by atoms with Crippen LogP contribution in [0.1, 0.15) is 58.3 Å². The van der Waals surface area contributed by atoms with E-state index in [0.717, 1.165) is 5.92 Å². The molecule has 3 aliphatic rings. The van der Waals surface area contributed by atoms with E-state index in [-0.39, 0.29) is 44.0 Å². The zero-order valence-electron chi connectivity index (χ0n) is 13.3. The first kappa shape index (κ1) is 21.4. The van der Waals surface area contributed by atoms with E-state index in [0.29, 0.717) is 0 Å². The Morgan fingerprint density at radius 3 is 2.26 bits per heavy atom. The maximum absolute atomic E-state index is 2.55. The largest absolute Gasteiger partial charge is 4.00 e. The average Bonchev–Trinajstić information content (AvgIpc) is 2.63. The molecule has 0 bridgehead atoms. The number of rotatable bonds is 1. The second kappa shape index (κ2) is 9.08. The summed E-state index contributed by atoms with van der Waals surface area (Å²) in [5.74, 6) is 0.829. The van der Waals surface area contributed by atoms with Crippen LogP contribution in [0, 0.1) is 34.6 Å². The summed E-state index contributed by atoms with van der Waals surface area (Å²) in [6.45, 7) is 2.36. The number of hydrogen-bond acceptors (Lipinski definition) is 0. The summed E-state index contributed by atoms with van der Waals surface area (Å²) in [4.78, 5) is 0. The van der Waals surface area contributed by atoms with E-state index >= 15 is 0 Å². The van der Waals surface area contributed by atoms with E-state index in [2.05, 4.69) is 13.3 Å². The van der Waals surface area contributed by atoms with Crippen molar-refractivity contribution >= 4 is 0 Å². The zero-order chi connectivity index (χ0) is 10.3. The van der Waals surface area contributed by atoms with Gasteiger partial charge in [-0.2, -0.15) is 5.57 Å². The molecule has 19 heavy (non-hydrogen) atoms. The van der Waals surface area contributed by atoms with Crippen LogP contribution in [0.15, 0.2) is 22.3 Å². The molecule has 0 heterocycles. The molecule has 0 aromatic carbocycles. The molecule has 3 rings (SSSR count). The van der Waals surface area contributed by atoms with Gasteiger partial charge in [-0.3, -0.25) is 0 Å². The predicted molar refractivity (Wildman–Crippen MR) is 83.7 cm³/mol.